The van der Waals surface area contributed by atoms with Crippen molar-refractivity contribution in [2.75, 3.05) is 0 Å². The quantitative estimate of drug-likeness (QED) is 0.152. The molecule has 0 unspecified atom stereocenters. The highest BCUT2D eigenvalue weighted by Gasteiger charge is 2.43. The standard InChI is InChI=1S/C33H45NO2/c1-3-5-7-8-9-12-15-27-17-20-30(21-18-27)33(23-13-10-14-24-33)32(35)36-31-22-19-28(16-11-6-4-2)25-29(31)26-34/h17-22,25H,3-16,23-24H2,1-2H3. The molecule has 0 saturated heterocycles. The van der Waals surface area contributed by atoms with E-state index in [1.165, 1.54) is 56.9 Å². The van der Waals surface area contributed by atoms with Crippen molar-refractivity contribution in [2.24, 2.45) is 0 Å². The van der Waals surface area contributed by atoms with Gasteiger partial charge in [0.2, 0.25) is 0 Å². The Bertz CT molecular complexity index is 980. The summed E-state index contributed by atoms with van der Waals surface area (Å²) >= 11 is 0. The number of carbonyl (C=O) groups excluding carboxylic acids is 1. The number of rotatable bonds is 14. The van der Waals surface area contributed by atoms with Gasteiger partial charge in [-0.2, -0.15) is 5.26 Å². The van der Waals surface area contributed by atoms with Gasteiger partial charge in [0, 0.05) is 0 Å². The van der Waals surface area contributed by atoms with Gasteiger partial charge in [0.25, 0.3) is 0 Å². The number of hydrogen-bond donors (Lipinski definition) is 0. The maximum absolute atomic E-state index is 13.7. The SMILES string of the molecule is CCCCCCCCc1ccc(C2(C(=O)Oc3ccc(CCCCC)cc3C#N)CCCCC2)cc1. The molecule has 1 saturated carbocycles. The van der Waals surface area contributed by atoms with Gasteiger partial charge in [-0.25, -0.2) is 0 Å². The van der Waals surface area contributed by atoms with Crippen LogP contribution in [0, 0.1) is 11.3 Å². The van der Waals surface area contributed by atoms with Crippen LogP contribution in [0.4, 0.5) is 0 Å². The number of aryl methyl sites for hydroxylation is 2. The average molecular weight is 488 g/mol. The highest BCUT2D eigenvalue weighted by atomic mass is 16.5. The predicted octanol–water partition coefficient (Wildman–Crippen LogP) is 9.00. The number of ether oxygens (including phenoxy) is 1. The zero-order valence-corrected chi connectivity index (χ0v) is 22.6. The van der Waals surface area contributed by atoms with E-state index in [1.54, 1.807) is 0 Å². The normalized spacial score (nSPS) is 14.8. The van der Waals surface area contributed by atoms with Crippen molar-refractivity contribution >= 4 is 5.97 Å². The second-order valence-electron chi connectivity index (χ2n) is 10.6. The number of unbranched alkanes of at least 4 members (excludes halogenated alkanes) is 7. The fraction of sp³-hybridized carbons (Fsp3) is 0.576. The third-order valence-electron chi connectivity index (χ3n) is 7.86. The molecule has 0 atom stereocenters. The minimum Gasteiger partial charge on any atom is -0.424 e. The Labute approximate surface area is 219 Å². The van der Waals surface area contributed by atoms with Gasteiger partial charge in [-0.1, -0.05) is 108 Å². The van der Waals surface area contributed by atoms with E-state index in [4.69, 9.17) is 4.74 Å². The molecule has 0 amide bonds. The number of nitriles is 1. The minimum absolute atomic E-state index is 0.207. The van der Waals surface area contributed by atoms with Crippen molar-refractivity contribution < 1.29 is 9.53 Å². The lowest BCUT2D eigenvalue weighted by atomic mass is 9.69. The minimum atomic E-state index is -0.622. The van der Waals surface area contributed by atoms with E-state index in [2.05, 4.69) is 44.2 Å². The number of esters is 1. The molecular formula is C33H45NO2. The Balaban J connectivity index is 1.70. The molecule has 1 aliphatic carbocycles. The fourth-order valence-electron chi connectivity index (χ4n) is 5.55. The highest BCUT2D eigenvalue weighted by Crippen LogP contribution is 2.41. The van der Waals surface area contributed by atoms with Crippen LogP contribution in [0.25, 0.3) is 0 Å². The predicted molar refractivity (Wildman–Crippen MR) is 148 cm³/mol. The Morgan fingerprint density at radius 1 is 0.806 bits per heavy atom. The Morgan fingerprint density at radius 2 is 1.39 bits per heavy atom. The van der Waals surface area contributed by atoms with E-state index in [9.17, 15) is 10.1 Å². The summed E-state index contributed by atoms with van der Waals surface area (Å²) < 4.78 is 5.99. The molecule has 0 bridgehead atoms. The van der Waals surface area contributed by atoms with Crippen molar-refractivity contribution in [1.82, 2.24) is 0 Å². The maximum Gasteiger partial charge on any atom is 0.321 e. The molecule has 194 valence electrons. The molecule has 0 radical (unpaired) electrons. The lowest BCUT2D eigenvalue weighted by molar-refractivity contribution is -0.142. The van der Waals surface area contributed by atoms with Crippen LogP contribution in [0.3, 0.4) is 0 Å². The molecule has 36 heavy (non-hydrogen) atoms. The van der Waals surface area contributed by atoms with Gasteiger partial charge >= 0.3 is 5.97 Å². The summed E-state index contributed by atoms with van der Waals surface area (Å²) in [7, 11) is 0. The molecule has 0 heterocycles. The van der Waals surface area contributed by atoms with Gasteiger partial charge in [-0.05, 0) is 67.3 Å². The first-order valence-corrected chi connectivity index (χ1v) is 14.5. The Kier molecular flexibility index (Phi) is 11.5. The third-order valence-corrected chi connectivity index (χ3v) is 7.86. The fourth-order valence-corrected chi connectivity index (χ4v) is 5.55. The van der Waals surface area contributed by atoms with Crippen LogP contribution < -0.4 is 4.74 Å². The van der Waals surface area contributed by atoms with E-state index in [0.717, 1.165) is 62.5 Å². The lowest BCUT2D eigenvalue weighted by Gasteiger charge is -2.35. The molecule has 0 N–H and O–H groups in total. The van der Waals surface area contributed by atoms with Gasteiger partial charge in [0.05, 0.1) is 11.0 Å². The van der Waals surface area contributed by atoms with Crippen molar-refractivity contribution in [3.05, 3.63) is 64.7 Å². The van der Waals surface area contributed by atoms with Gasteiger partial charge in [-0.3, -0.25) is 4.79 Å². The van der Waals surface area contributed by atoms with Crippen LogP contribution in [0.5, 0.6) is 5.75 Å². The molecule has 0 spiro atoms. The first kappa shape index (κ1) is 28.0. The first-order valence-electron chi connectivity index (χ1n) is 14.5. The van der Waals surface area contributed by atoms with Crippen LogP contribution in [0.1, 0.15) is 126 Å². The molecule has 3 heteroatoms. The highest BCUT2D eigenvalue weighted by molar-refractivity contribution is 5.85. The number of carbonyl (C=O) groups is 1. The lowest BCUT2D eigenvalue weighted by Crippen LogP contribution is -2.41. The Morgan fingerprint density at radius 3 is 2.08 bits per heavy atom. The molecule has 0 aromatic heterocycles. The average Bonchev–Trinajstić information content (AvgIpc) is 2.92. The molecule has 2 aromatic carbocycles. The van der Waals surface area contributed by atoms with Crippen molar-refractivity contribution in [3.63, 3.8) is 0 Å². The van der Waals surface area contributed by atoms with Crippen LogP contribution in [0.2, 0.25) is 0 Å². The second-order valence-corrected chi connectivity index (χ2v) is 10.6. The largest absolute Gasteiger partial charge is 0.424 e. The first-order chi connectivity index (χ1) is 17.6. The topological polar surface area (TPSA) is 50.1 Å². The molecule has 1 aliphatic rings. The Hall–Kier alpha value is -2.60. The molecule has 3 rings (SSSR count). The van der Waals surface area contributed by atoms with Crippen LogP contribution in [-0.4, -0.2) is 5.97 Å². The van der Waals surface area contributed by atoms with E-state index < -0.39 is 5.41 Å². The summed E-state index contributed by atoms with van der Waals surface area (Å²) in [6.45, 7) is 4.44. The zero-order chi connectivity index (χ0) is 25.6. The maximum atomic E-state index is 13.7. The van der Waals surface area contributed by atoms with Gasteiger partial charge in [0.1, 0.15) is 11.8 Å². The van der Waals surface area contributed by atoms with Crippen molar-refractivity contribution in [3.8, 4) is 11.8 Å². The van der Waals surface area contributed by atoms with E-state index in [-0.39, 0.29) is 5.97 Å². The summed E-state index contributed by atoms with van der Waals surface area (Å²) in [6, 6.07) is 16.7. The van der Waals surface area contributed by atoms with Gasteiger partial charge in [0.15, 0.2) is 0 Å². The van der Waals surface area contributed by atoms with Crippen LogP contribution in [-0.2, 0) is 23.1 Å². The monoisotopic (exact) mass is 487 g/mol. The molecule has 3 nitrogen and oxygen atoms in total. The van der Waals surface area contributed by atoms with E-state index in [0.29, 0.717) is 11.3 Å². The molecule has 2 aromatic rings. The third kappa shape index (κ3) is 7.70. The van der Waals surface area contributed by atoms with Crippen molar-refractivity contribution in [1.29, 1.82) is 5.26 Å². The van der Waals surface area contributed by atoms with E-state index >= 15 is 0 Å². The van der Waals surface area contributed by atoms with Gasteiger partial charge < -0.3 is 4.74 Å². The summed E-state index contributed by atoms with van der Waals surface area (Å²) in [6.07, 6.45) is 18.1. The molecule has 1 fully saturated rings. The zero-order valence-electron chi connectivity index (χ0n) is 22.6. The molecular weight excluding hydrogens is 442 g/mol. The van der Waals surface area contributed by atoms with Crippen LogP contribution in [0.15, 0.2) is 42.5 Å². The smallest absolute Gasteiger partial charge is 0.321 e. The van der Waals surface area contributed by atoms with Gasteiger partial charge in [-0.15, -0.1) is 0 Å². The summed E-state index contributed by atoms with van der Waals surface area (Å²) in [5, 5.41) is 9.74. The summed E-state index contributed by atoms with van der Waals surface area (Å²) in [5.74, 6) is 0.187. The summed E-state index contributed by atoms with van der Waals surface area (Å²) in [5.41, 5.74) is 3.38. The summed E-state index contributed by atoms with van der Waals surface area (Å²) in [4.78, 5) is 13.7. The van der Waals surface area contributed by atoms with Crippen molar-refractivity contribution in [2.45, 2.75) is 122 Å². The molecule has 0 aliphatic heterocycles. The van der Waals surface area contributed by atoms with E-state index in [1.807, 2.05) is 18.2 Å². The second kappa shape index (κ2) is 14.8. The number of hydrogen-bond acceptors (Lipinski definition) is 3. The number of benzene rings is 2. The van der Waals surface area contributed by atoms with Crippen LogP contribution >= 0.6 is 0 Å². The number of nitrogens with zero attached hydrogens (tertiary/aromatic N) is 1.